The summed E-state index contributed by atoms with van der Waals surface area (Å²) in [7, 11) is 4.24. The lowest BCUT2D eigenvalue weighted by Crippen LogP contribution is -2.45. The molecule has 0 bridgehead atoms. The molecule has 148 valence electrons. The maximum absolute atomic E-state index is 11.8. The normalized spacial score (nSPS) is 19.1. The lowest BCUT2D eigenvalue weighted by Gasteiger charge is -2.25. The van der Waals surface area contributed by atoms with E-state index in [1.807, 2.05) is 11.8 Å². The molecule has 0 radical (unpaired) electrons. The van der Waals surface area contributed by atoms with Crippen LogP contribution in [0.25, 0.3) is 0 Å². The van der Waals surface area contributed by atoms with Crippen LogP contribution in [0, 0.1) is 5.92 Å². The SMILES string of the molecule is CCNC(=NCC(CC(C)C)N(C)C)NC1CCN(C(=O)CC)C1.I. The van der Waals surface area contributed by atoms with E-state index in [0.29, 0.717) is 24.4 Å². The van der Waals surface area contributed by atoms with Crippen molar-refractivity contribution in [2.24, 2.45) is 10.9 Å². The molecule has 0 saturated carbocycles. The summed E-state index contributed by atoms with van der Waals surface area (Å²) in [6, 6.07) is 0.739. The van der Waals surface area contributed by atoms with Crippen molar-refractivity contribution in [1.82, 2.24) is 20.4 Å². The molecular weight excluding hydrogens is 429 g/mol. The zero-order valence-corrected chi connectivity index (χ0v) is 19.2. The van der Waals surface area contributed by atoms with Crippen molar-refractivity contribution in [3.63, 3.8) is 0 Å². The fourth-order valence-corrected chi connectivity index (χ4v) is 3.03. The third-order valence-corrected chi connectivity index (χ3v) is 4.46. The van der Waals surface area contributed by atoms with Crippen molar-refractivity contribution in [2.75, 3.05) is 40.3 Å². The second-order valence-corrected chi connectivity index (χ2v) is 7.29. The Labute approximate surface area is 171 Å². The van der Waals surface area contributed by atoms with Crippen molar-refractivity contribution in [1.29, 1.82) is 0 Å². The summed E-state index contributed by atoms with van der Waals surface area (Å²) in [4.78, 5) is 20.8. The van der Waals surface area contributed by atoms with Gasteiger partial charge in [0.15, 0.2) is 5.96 Å². The van der Waals surface area contributed by atoms with E-state index in [2.05, 4.69) is 50.4 Å². The minimum atomic E-state index is 0. The van der Waals surface area contributed by atoms with Crippen LogP contribution < -0.4 is 10.6 Å². The monoisotopic (exact) mass is 467 g/mol. The summed E-state index contributed by atoms with van der Waals surface area (Å²) in [5.74, 6) is 1.77. The van der Waals surface area contributed by atoms with Gasteiger partial charge in [-0.15, -0.1) is 24.0 Å². The number of halogens is 1. The molecule has 1 amide bonds. The number of carbonyl (C=O) groups excluding carboxylic acids is 1. The highest BCUT2D eigenvalue weighted by atomic mass is 127. The Morgan fingerprint density at radius 1 is 1.32 bits per heavy atom. The van der Waals surface area contributed by atoms with Gasteiger partial charge in [-0.3, -0.25) is 9.79 Å². The zero-order chi connectivity index (χ0) is 18.1. The fraction of sp³-hybridized carbons (Fsp3) is 0.889. The van der Waals surface area contributed by atoms with Crippen LogP contribution in [0.1, 0.15) is 47.0 Å². The number of nitrogens with one attached hydrogen (secondary N) is 2. The van der Waals surface area contributed by atoms with Gasteiger partial charge < -0.3 is 20.4 Å². The molecule has 0 spiro atoms. The van der Waals surface area contributed by atoms with Gasteiger partial charge in [-0.25, -0.2) is 0 Å². The molecule has 2 atom stereocenters. The fourth-order valence-electron chi connectivity index (χ4n) is 3.03. The van der Waals surface area contributed by atoms with Gasteiger partial charge in [0.25, 0.3) is 0 Å². The first-order chi connectivity index (χ1) is 11.4. The first-order valence-electron chi connectivity index (χ1n) is 9.36. The standard InChI is InChI=1S/C18H37N5O.HI/c1-7-17(24)23-10-9-15(13-23)21-18(19-8-2)20-12-16(22(5)6)11-14(3)4;/h14-16H,7-13H2,1-6H3,(H2,19,20,21);1H. The van der Waals surface area contributed by atoms with Crippen molar-refractivity contribution in [3.8, 4) is 0 Å². The van der Waals surface area contributed by atoms with Crippen molar-refractivity contribution < 1.29 is 4.79 Å². The van der Waals surface area contributed by atoms with Gasteiger partial charge >= 0.3 is 0 Å². The lowest BCUT2D eigenvalue weighted by atomic mass is 10.0. The van der Waals surface area contributed by atoms with Crippen LogP contribution in [0.15, 0.2) is 4.99 Å². The number of guanidine groups is 1. The number of hydrogen-bond acceptors (Lipinski definition) is 3. The Balaban J connectivity index is 0.00000576. The van der Waals surface area contributed by atoms with Crippen LogP contribution in [0.3, 0.4) is 0 Å². The van der Waals surface area contributed by atoms with Gasteiger partial charge in [0.05, 0.1) is 6.54 Å². The maximum Gasteiger partial charge on any atom is 0.222 e. The van der Waals surface area contributed by atoms with Crippen molar-refractivity contribution in [3.05, 3.63) is 0 Å². The van der Waals surface area contributed by atoms with E-state index in [-0.39, 0.29) is 29.9 Å². The predicted octanol–water partition coefficient (Wildman–Crippen LogP) is 2.15. The highest BCUT2D eigenvalue weighted by Gasteiger charge is 2.25. The zero-order valence-electron chi connectivity index (χ0n) is 16.8. The maximum atomic E-state index is 11.8. The molecule has 0 aliphatic carbocycles. The van der Waals surface area contributed by atoms with Crippen LogP contribution in [0.5, 0.6) is 0 Å². The molecule has 0 aromatic rings. The molecule has 0 aromatic heterocycles. The van der Waals surface area contributed by atoms with Gasteiger partial charge in [-0.1, -0.05) is 20.8 Å². The van der Waals surface area contributed by atoms with Crippen molar-refractivity contribution in [2.45, 2.75) is 59.0 Å². The number of amides is 1. The Morgan fingerprint density at radius 3 is 2.52 bits per heavy atom. The van der Waals surface area contributed by atoms with Gasteiger partial charge in [-0.05, 0) is 39.8 Å². The number of carbonyl (C=O) groups is 1. The first-order valence-corrected chi connectivity index (χ1v) is 9.36. The number of likely N-dealkylation sites (N-methyl/N-ethyl adjacent to an activating group) is 1. The highest BCUT2D eigenvalue weighted by molar-refractivity contribution is 14.0. The minimum Gasteiger partial charge on any atom is -0.357 e. The van der Waals surface area contributed by atoms with Crippen LogP contribution in [0.2, 0.25) is 0 Å². The molecule has 1 saturated heterocycles. The average Bonchev–Trinajstić information content (AvgIpc) is 2.98. The molecule has 7 heteroatoms. The number of aliphatic imine (C=N–C) groups is 1. The molecule has 2 unspecified atom stereocenters. The summed E-state index contributed by atoms with van der Waals surface area (Å²) in [6.45, 7) is 11.7. The smallest absolute Gasteiger partial charge is 0.222 e. The van der Waals surface area contributed by atoms with Gasteiger partial charge in [0.2, 0.25) is 5.91 Å². The molecule has 1 aliphatic rings. The largest absolute Gasteiger partial charge is 0.357 e. The average molecular weight is 467 g/mol. The Bertz CT molecular complexity index is 414. The van der Waals surface area contributed by atoms with E-state index >= 15 is 0 Å². The van der Waals surface area contributed by atoms with Crippen molar-refractivity contribution >= 4 is 35.8 Å². The lowest BCUT2D eigenvalue weighted by molar-refractivity contribution is -0.129. The summed E-state index contributed by atoms with van der Waals surface area (Å²) < 4.78 is 0. The number of likely N-dealkylation sites (tertiary alicyclic amines) is 1. The summed E-state index contributed by atoms with van der Waals surface area (Å²) >= 11 is 0. The van der Waals surface area contributed by atoms with Crippen LogP contribution in [-0.4, -0.2) is 74.0 Å². The van der Waals surface area contributed by atoms with E-state index in [0.717, 1.165) is 45.0 Å². The number of nitrogens with zero attached hydrogens (tertiary/aromatic N) is 3. The molecule has 25 heavy (non-hydrogen) atoms. The molecule has 0 aromatic carbocycles. The second kappa shape index (κ2) is 12.7. The second-order valence-electron chi connectivity index (χ2n) is 7.29. The van der Waals surface area contributed by atoms with E-state index in [4.69, 9.17) is 4.99 Å². The van der Waals surface area contributed by atoms with E-state index in [1.165, 1.54) is 0 Å². The molecule has 1 rings (SSSR count). The summed E-state index contributed by atoms with van der Waals surface area (Å²) in [6.07, 6.45) is 2.71. The predicted molar refractivity (Wildman–Crippen MR) is 117 cm³/mol. The first kappa shape index (κ1) is 24.4. The Hall–Kier alpha value is -0.570. The minimum absolute atomic E-state index is 0. The number of rotatable bonds is 8. The molecule has 6 nitrogen and oxygen atoms in total. The molecule has 1 heterocycles. The third kappa shape index (κ3) is 9.08. The van der Waals surface area contributed by atoms with E-state index in [9.17, 15) is 4.79 Å². The molecular formula is C18H38IN5O. The highest BCUT2D eigenvalue weighted by Crippen LogP contribution is 2.11. The Kier molecular flexibility index (Phi) is 12.4. The van der Waals surface area contributed by atoms with Gasteiger partial charge in [0.1, 0.15) is 0 Å². The Morgan fingerprint density at radius 2 is 2.00 bits per heavy atom. The number of hydrogen-bond donors (Lipinski definition) is 2. The molecule has 2 N–H and O–H groups in total. The van der Waals surface area contributed by atoms with Gasteiger partial charge in [-0.2, -0.15) is 0 Å². The van der Waals surface area contributed by atoms with Gasteiger partial charge in [0, 0.05) is 38.1 Å². The van der Waals surface area contributed by atoms with E-state index in [1.54, 1.807) is 0 Å². The molecule has 1 aliphatic heterocycles. The van der Waals surface area contributed by atoms with Crippen LogP contribution >= 0.6 is 24.0 Å². The van der Waals surface area contributed by atoms with Crippen LogP contribution in [-0.2, 0) is 4.79 Å². The summed E-state index contributed by atoms with van der Waals surface area (Å²) in [5.41, 5.74) is 0. The quantitative estimate of drug-likeness (QED) is 0.326. The molecule has 1 fully saturated rings. The van der Waals surface area contributed by atoms with E-state index < -0.39 is 0 Å². The topological polar surface area (TPSA) is 60.0 Å². The van der Waals surface area contributed by atoms with Crippen LogP contribution in [0.4, 0.5) is 0 Å². The summed E-state index contributed by atoms with van der Waals surface area (Å²) in [5, 5.41) is 6.83. The third-order valence-electron chi connectivity index (χ3n) is 4.46.